The van der Waals surface area contributed by atoms with Gasteiger partial charge in [0.25, 0.3) is 5.56 Å². The number of fused-ring (bicyclic) bond motifs is 1. The van der Waals surface area contributed by atoms with Gasteiger partial charge in [-0.2, -0.15) is 0 Å². The molecule has 9 heteroatoms. The zero-order chi connectivity index (χ0) is 18.8. The molecule has 0 spiro atoms. The van der Waals surface area contributed by atoms with Gasteiger partial charge in [-0.15, -0.1) is 0 Å². The summed E-state index contributed by atoms with van der Waals surface area (Å²) in [6.07, 6.45) is 0. The van der Waals surface area contributed by atoms with Crippen molar-refractivity contribution in [3.8, 4) is 11.6 Å². The number of hydrogen-bond acceptors (Lipinski definition) is 7. The van der Waals surface area contributed by atoms with Crippen LogP contribution < -0.4 is 26.5 Å². The lowest BCUT2D eigenvalue weighted by molar-refractivity contribution is -0.139. The molecule has 26 heavy (non-hydrogen) atoms. The second-order valence-electron chi connectivity index (χ2n) is 5.43. The van der Waals surface area contributed by atoms with Gasteiger partial charge >= 0.3 is 11.7 Å². The molecule has 3 rings (SSSR count). The molecule has 1 aliphatic rings. The summed E-state index contributed by atoms with van der Waals surface area (Å²) in [5.41, 5.74) is 4.97. The zero-order valence-corrected chi connectivity index (χ0v) is 14.1. The quantitative estimate of drug-likeness (QED) is 0.669. The third-order valence-electron chi connectivity index (χ3n) is 3.94. The number of carbonyl (C=O) groups excluding carboxylic acids is 1. The summed E-state index contributed by atoms with van der Waals surface area (Å²) < 4.78 is 15.8. The molecule has 0 saturated carbocycles. The van der Waals surface area contributed by atoms with Crippen molar-refractivity contribution >= 4 is 5.97 Å². The Morgan fingerprint density at radius 1 is 1.27 bits per heavy atom. The number of ether oxygens (including phenoxy) is 3. The molecule has 0 amide bonds. The van der Waals surface area contributed by atoms with Gasteiger partial charge in [-0.05, 0) is 13.0 Å². The Hall–Kier alpha value is -3.49. The Morgan fingerprint density at radius 3 is 2.69 bits per heavy atom. The highest BCUT2D eigenvalue weighted by molar-refractivity contribution is 5.92. The molecule has 1 aliphatic heterocycles. The third-order valence-corrected chi connectivity index (χ3v) is 3.94. The van der Waals surface area contributed by atoms with Crippen LogP contribution in [-0.2, 0) is 9.53 Å². The summed E-state index contributed by atoms with van der Waals surface area (Å²) in [5.74, 6) is -1.61. The first-order chi connectivity index (χ1) is 12.5. The van der Waals surface area contributed by atoms with E-state index in [1.54, 1.807) is 31.2 Å². The topological polar surface area (TPSA) is 136 Å². The van der Waals surface area contributed by atoms with Crippen LogP contribution in [0.4, 0.5) is 0 Å². The third kappa shape index (κ3) is 2.83. The summed E-state index contributed by atoms with van der Waals surface area (Å²) in [4.78, 5) is 41.1. The van der Waals surface area contributed by atoms with Gasteiger partial charge in [0.15, 0.2) is 0 Å². The highest BCUT2D eigenvalue weighted by atomic mass is 16.5. The summed E-state index contributed by atoms with van der Waals surface area (Å²) in [5, 5.41) is 0. The van der Waals surface area contributed by atoms with Crippen LogP contribution in [-0.4, -0.2) is 29.7 Å². The number of carbonyl (C=O) groups is 1. The Morgan fingerprint density at radius 2 is 2.00 bits per heavy atom. The number of rotatable bonds is 4. The number of benzene rings is 1. The molecule has 0 radical (unpaired) electrons. The number of hydrogen-bond donors (Lipinski definition) is 3. The van der Waals surface area contributed by atoms with Crippen molar-refractivity contribution in [2.24, 2.45) is 5.73 Å². The van der Waals surface area contributed by atoms with E-state index in [0.29, 0.717) is 11.3 Å². The minimum atomic E-state index is -0.936. The zero-order valence-electron chi connectivity index (χ0n) is 14.1. The molecule has 0 saturated heterocycles. The monoisotopic (exact) mass is 359 g/mol. The lowest BCUT2D eigenvalue weighted by Gasteiger charge is -2.27. The fourth-order valence-corrected chi connectivity index (χ4v) is 2.91. The molecule has 0 unspecified atom stereocenters. The number of esters is 1. The van der Waals surface area contributed by atoms with Crippen molar-refractivity contribution in [1.29, 1.82) is 0 Å². The van der Waals surface area contributed by atoms with Gasteiger partial charge in [0.05, 0.1) is 25.2 Å². The Labute approximate surface area is 147 Å². The summed E-state index contributed by atoms with van der Waals surface area (Å²) in [6.45, 7) is 1.76. The molecule has 1 aromatic heterocycles. The highest BCUT2D eigenvalue weighted by Gasteiger charge is 2.39. The molecular formula is C17H17N3O6. The van der Waals surface area contributed by atoms with E-state index in [-0.39, 0.29) is 29.5 Å². The maximum atomic E-state index is 12.5. The lowest BCUT2D eigenvalue weighted by atomic mass is 9.84. The molecule has 1 aromatic carbocycles. The average Bonchev–Trinajstić information content (AvgIpc) is 2.60. The molecule has 0 bridgehead atoms. The van der Waals surface area contributed by atoms with Crippen molar-refractivity contribution in [3.05, 3.63) is 67.7 Å². The summed E-state index contributed by atoms with van der Waals surface area (Å²) in [6, 6.07) is 6.85. The Bertz CT molecular complexity index is 1000. The second kappa shape index (κ2) is 6.79. The van der Waals surface area contributed by atoms with Crippen LogP contribution >= 0.6 is 0 Å². The predicted octanol–water partition coefficient (Wildman–Crippen LogP) is 0.330. The van der Waals surface area contributed by atoms with Crippen molar-refractivity contribution in [1.82, 2.24) is 9.97 Å². The molecule has 1 atom stereocenters. The van der Waals surface area contributed by atoms with E-state index in [4.69, 9.17) is 19.9 Å². The number of nitrogens with one attached hydrogen (secondary N) is 2. The van der Waals surface area contributed by atoms with Crippen LogP contribution in [0, 0.1) is 0 Å². The van der Waals surface area contributed by atoms with E-state index in [9.17, 15) is 14.4 Å². The first kappa shape index (κ1) is 17.3. The fourth-order valence-electron chi connectivity index (χ4n) is 2.91. The smallest absolute Gasteiger partial charge is 0.340 e. The van der Waals surface area contributed by atoms with Gasteiger partial charge in [-0.25, -0.2) is 9.59 Å². The molecule has 0 fully saturated rings. The minimum Gasteiger partial charge on any atom is -0.496 e. The van der Waals surface area contributed by atoms with Gasteiger partial charge in [0.1, 0.15) is 11.3 Å². The van der Waals surface area contributed by atoms with Gasteiger partial charge < -0.3 is 19.9 Å². The van der Waals surface area contributed by atoms with Crippen LogP contribution in [0.15, 0.2) is 45.3 Å². The largest absolute Gasteiger partial charge is 0.496 e. The molecule has 4 N–H and O–H groups in total. The van der Waals surface area contributed by atoms with Crippen molar-refractivity contribution in [2.45, 2.75) is 12.8 Å². The fraction of sp³-hybridized carbons (Fsp3) is 0.235. The summed E-state index contributed by atoms with van der Waals surface area (Å²) in [7, 11) is 1.47. The molecule has 0 aliphatic carbocycles. The van der Waals surface area contributed by atoms with Gasteiger partial charge in [-0.1, -0.05) is 18.2 Å². The molecule has 9 nitrogen and oxygen atoms in total. The van der Waals surface area contributed by atoms with Gasteiger partial charge in [0, 0.05) is 5.56 Å². The first-order valence-electron chi connectivity index (χ1n) is 7.81. The Balaban J connectivity index is 2.33. The van der Waals surface area contributed by atoms with Crippen LogP contribution in [0.1, 0.15) is 24.0 Å². The van der Waals surface area contributed by atoms with Crippen molar-refractivity contribution < 1.29 is 19.0 Å². The van der Waals surface area contributed by atoms with E-state index in [2.05, 4.69) is 9.97 Å². The maximum absolute atomic E-state index is 12.5. The number of aromatic amines is 2. The van der Waals surface area contributed by atoms with Crippen LogP contribution in [0.3, 0.4) is 0 Å². The van der Waals surface area contributed by atoms with E-state index >= 15 is 0 Å². The lowest BCUT2D eigenvalue weighted by Crippen LogP contribution is -2.35. The van der Waals surface area contributed by atoms with Crippen LogP contribution in [0.2, 0.25) is 0 Å². The van der Waals surface area contributed by atoms with Crippen molar-refractivity contribution in [3.63, 3.8) is 0 Å². The Kier molecular flexibility index (Phi) is 4.53. The molecule has 136 valence electrons. The minimum absolute atomic E-state index is 0.0337. The SMILES string of the molecule is CCOC(=O)C1=C(N)Oc2[nH]c(=O)[nH]c(=O)c2[C@H]1c1ccccc1OC. The van der Waals surface area contributed by atoms with Gasteiger partial charge in [-0.3, -0.25) is 14.8 Å². The number of methoxy groups -OCH3 is 1. The van der Waals surface area contributed by atoms with Crippen molar-refractivity contribution in [2.75, 3.05) is 13.7 Å². The van der Waals surface area contributed by atoms with Gasteiger partial charge in [0.2, 0.25) is 11.8 Å². The average molecular weight is 359 g/mol. The number of aromatic nitrogens is 2. The van der Waals surface area contributed by atoms with Crippen LogP contribution in [0.25, 0.3) is 0 Å². The standard InChI is InChI=1S/C17H17N3O6/c1-3-25-16(22)11-10(8-6-4-5-7-9(8)24-2)12-14(21)19-17(23)20-15(12)26-13(11)18/h4-7,10H,3,18H2,1-2H3,(H2,19,20,21,23)/t10-/m0/s1. The highest BCUT2D eigenvalue weighted by Crippen LogP contribution is 2.42. The van der Waals surface area contributed by atoms with E-state index in [1.807, 2.05) is 0 Å². The van der Waals surface area contributed by atoms with E-state index in [0.717, 1.165) is 0 Å². The normalized spacial score (nSPS) is 15.8. The predicted molar refractivity (Wildman–Crippen MR) is 91.0 cm³/mol. The second-order valence-corrected chi connectivity index (χ2v) is 5.43. The van der Waals surface area contributed by atoms with E-state index in [1.165, 1.54) is 7.11 Å². The number of para-hydroxylation sites is 1. The summed E-state index contributed by atoms with van der Waals surface area (Å²) >= 11 is 0. The number of nitrogens with two attached hydrogens (primary N) is 1. The molecular weight excluding hydrogens is 342 g/mol. The van der Waals surface area contributed by atoms with Crippen LogP contribution in [0.5, 0.6) is 11.6 Å². The maximum Gasteiger partial charge on any atom is 0.340 e. The van der Waals surface area contributed by atoms with E-state index < -0.39 is 23.1 Å². The first-order valence-corrected chi connectivity index (χ1v) is 7.81. The number of H-pyrrole nitrogens is 2. The molecule has 2 aromatic rings. The molecule has 2 heterocycles.